The SMILES string of the molecule is CCC1CCC(C(=O)CC2CNC2)CC1. The summed E-state index contributed by atoms with van der Waals surface area (Å²) >= 11 is 0. The van der Waals surface area contributed by atoms with E-state index in [0.29, 0.717) is 17.6 Å². The summed E-state index contributed by atoms with van der Waals surface area (Å²) in [5.74, 6) is 2.52. The summed E-state index contributed by atoms with van der Waals surface area (Å²) in [6, 6.07) is 0. The summed E-state index contributed by atoms with van der Waals surface area (Å²) in [5, 5.41) is 3.23. The lowest BCUT2D eigenvalue weighted by Gasteiger charge is -2.31. The molecule has 0 aromatic rings. The molecule has 0 aromatic carbocycles. The molecule has 0 spiro atoms. The average Bonchev–Trinajstić information content (AvgIpc) is 2.23. The Kier molecular flexibility index (Phi) is 3.79. The van der Waals surface area contributed by atoms with Crippen LogP contribution in [0.2, 0.25) is 0 Å². The van der Waals surface area contributed by atoms with E-state index in [9.17, 15) is 4.79 Å². The summed E-state index contributed by atoms with van der Waals surface area (Å²) < 4.78 is 0. The first-order valence-corrected chi connectivity index (χ1v) is 6.53. The van der Waals surface area contributed by atoms with Crippen molar-refractivity contribution in [1.29, 1.82) is 0 Å². The Balaban J connectivity index is 1.71. The minimum absolute atomic E-state index is 0.411. The minimum Gasteiger partial charge on any atom is -0.316 e. The molecule has 0 bridgehead atoms. The molecule has 2 nitrogen and oxygen atoms in total. The molecule has 0 radical (unpaired) electrons. The van der Waals surface area contributed by atoms with E-state index in [2.05, 4.69) is 12.2 Å². The molecule has 1 N–H and O–H groups in total. The molecule has 2 heteroatoms. The number of ketones is 1. The maximum atomic E-state index is 12.0. The standard InChI is InChI=1S/C13H23NO/c1-2-10-3-5-12(6-4-10)13(15)7-11-8-14-9-11/h10-12,14H,2-9H2,1H3. The molecular formula is C13H23NO. The fourth-order valence-corrected chi connectivity index (χ4v) is 2.84. The van der Waals surface area contributed by atoms with Crippen LogP contribution in [0.15, 0.2) is 0 Å². The first-order valence-electron chi connectivity index (χ1n) is 6.53. The van der Waals surface area contributed by atoms with Crippen LogP contribution < -0.4 is 5.32 Å². The van der Waals surface area contributed by atoms with E-state index in [1.807, 2.05) is 0 Å². The third-order valence-corrected chi connectivity index (χ3v) is 4.24. The van der Waals surface area contributed by atoms with Crippen molar-refractivity contribution in [3.63, 3.8) is 0 Å². The Hall–Kier alpha value is -0.370. The van der Waals surface area contributed by atoms with Crippen molar-refractivity contribution in [2.24, 2.45) is 17.8 Å². The molecule has 1 saturated heterocycles. The highest BCUT2D eigenvalue weighted by Crippen LogP contribution is 2.32. The first kappa shape index (κ1) is 11.1. The molecule has 2 rings (SSSR count). The number of carbonyl (C=O) groups is 1. The molecule has 0 amide bonds. The fraction of sp³-hybridized carbons (Fsp3) is 0.923. The number of hydrogen-bond donors (Lipinski definition) is 1. The second-order valence-corrected chi connectivity index (χ2v) is 5.32. The Bertz CT molecular complexity index is 215. The Morgan fingerprint density at radius 1 is 1.13 bits per heavy atom. The van der Waals surface area contributed by atoms with E-state index in [4.69, 9.17) is 0 Å². The van der Waals surface area contributed by atoms with Crippen molar-refractivity contribution in [3.05, 3.63) is 0 Å². The van der Waals surface area contributed by atoms with E-state index < -0.39 is 0 Å². The van der Waals surface area contributed by atoms with E-state index in [0.717, 1.165) is 38.3 Å². The minimum atomic E-state index is 0.411. The normalized spacial score (nSPS) is 32.3. The van der Waals surface area contributed by atoms with Crippen LogP contribution in [-0.2, 0) is 4.79 Å². The molecule has 0 unspecified atom stereocenters. The predicted molar refractivity (Wildman–Crippen MR) is 61.7 cm³/mol. The van der Waals surface area contributed by atoms with E-state index in [-0.39, 0.29) is 0 Å². The monoisotopic (exact) mass is 209 g/mol. The highest BCUT2D eigenvalue weighted by atomic mass is 16.1. The van der Waals surface area contributed by atoms with Crippen LogP contribution >= 0.6 is 0 Å². The van der Waals surface area contributed by atoms with Gasteiger partial charge in [0, 0.05) is 12.3 Å². The highest BCUT2D eigenvalue weighted by molar-refractivity contribution is 5.81. The average molecular weight is 209 g/mol. The Morgan fingerprint density at radius 2 is 1.80 bits per heavy atom. The quantitative estimate of drug-likeness (QED) is 0.770. The zero-order chi connectivity index (χ0) is 10.7. The second kappa shape index (κ2) is 5.11. The molecule has 1 saturated carbocycles. The lowest BCUT2D eigenvalue weighted by Crippen LogP contribution is -2.43. The third-order valence-electron chi connectivity index (χ3n) is 4.24. The second-order valence-electron chi connectivity index (χ2n) is 5.32. The first-order chi connectivity index (χ1) is 7.29. The van der Waals surface area contributed by atoms with Gasteiger partial charge in [-0.1, -0.05) is 13.3 Å². The van der Waals surface area contributed by atoms with Crippen LogP contribution in [0.5, 0.6) is 0 Å². The largest absolute Gasteiger partial charge is 0.316 e. The van der Waals surface area contributed by atoms with Crippen LogP contribution in [0.25, 0.3) is 0 Å². The van der Waals surface area contributed by atoms with Gasteiger partial charge in [-0.25, -0.2) is 0 Å². The molecule has 0 atom stereocenters. The number of nitrogens with one attached hydrogen (secondary N) is 1. The van der Waals surface area contributed by atoms with E-state index in [1.54, 1.807) is 0 Å². The topological polar surface area (TPSA) is 29.1 Å². The smallest absolute Gasteiger partial charge is 0.136 e. The van der Waals surface area contributed by atoms with Gasteiger partial charge in [0.25, 0.3) is 0 Å². The lowest BCUT2D eigenvalue weighted by atomic mass is 9.77. The summed E-state index contributed by atoms with van der Waals surface area (Å²) in [4.78, 5) is 12.0. The molecule has 1 heterocycles. The van der Waals surface area contributed by atoms with Gasteiger partial charge >= 0.3 is 0 Å². The predicted octanol–water partition coefficient (Wildman–Crippen LogP) is 2.38. The molecule has 1 aliphatic heterocycles. The van der Waals surface area contributed by atoms with Crippen LogP contribution in [0, 0.1) is 17.8 Å². The summed E-state index contributed by atoms with van der Waals surface area (Å²) in [6.45, 7) is 4.40. The summed E-state index contributed by atoms with van der Waals surface area (Å²) in [7, 11) is 0. The molecule has 86 valence electrons. The third kappa shape index (κ3) is 2.81. The number of Topliss-reactive ketones (excluding diaryl/α,β-unsaturated/α-hetero) is 1. The lowest BCUT2D eigenvalue weighted by molar-refractivity contribution is -0.125. The van der Waals surface area contributed by atoms with E-state index in [1.165, 1.54) is 19.3 Å². The van der Waals surface area contributed by atoms with Crippen molar-refractivity contribution in [2.45, 2.75) is 45.4 Å². The highest BCUT2D eigenvalue weighted by Gasteiger charge is 2.28. The fourth-order valence-electron chi connectivity index (χ4n) is 2.84. The summed E-state index contributed by atoms with van der Waals surface area (Å²) in [5.41, 5.74) is 0. The molecule has 0 aromatic heterocycles. The van der Waals surface area contributed by atoms with Gasteiger partial charge in [0.05, 0.1) is 0 Å². The zero-order valence-corrected chi connectivity index (χ0v) is 9.80. The van der Waals surface area contributed by atoms with Gasteiger partial charge in [-0.15, -0.1) is 0 Å². The van der Waals surface area contributed by atoms with Crippen molar-refractivity contribution in [2.75, 3.05) is 13.1 Å². The van der Waals surface area contributed by atoms with Crippen LogP contribution in [-0.4, -0.2) is 18.9 Å². The van der Waals surface area contributed by atoms with Crippen LogP contribution in [0.3, 0.4) is 0 Å². The molecule has 1 aliphatic carbocycles. The molecule has 2 aliphatic rings. The van der Waals surface area contributed by atoms with Gasteiger partial charge in [-0.3, -0.25) is 4.79 Å². The molecule has 15 heavy (non-hydrogen) atoms. The maximum absolute atomic E-state index is 12.0. The maximum Gasteiger partial charge on any atom is 0.136 e. The zero-order valence-electron chi connectivity index (χ0n) is 9.80. The van der Waals surface area contributed by atoms with Gasteiger partial charge in [-0.05, 0) is 50.6 Å². The van der Waals surface area contributed by atoms with Gasteiger partial charge < -0.3 is 5.32 Å². The van der Waals surface area contributed by atoms with Crippen LogP contribution in [0.4, 0.5) is 0 Å². The number of carbonyl (C=O) groups excluding carboxylic acids is 1. The molecule has 2 fully saturated rings. The van der Waals surface area contributed by atoms with Crippen molar-refractivity contribution in [1.82, 2.24) is 5.32 Å². The van der Waals surface area contributed by atoms with Gasteiger partial charge in [0.2, 0.25) is 0 Å². The van der Waals surface area contributed by atoms with Crippen molar-refractivity contribution < 1.29 is 4.79 Å². The van der Waals surface area contributed by atoms with Gasteiger partial charge in [-0.2, -0.15) is 0 Å². The van der Waals surface area contributed by atoms with Gasteiger partial charge in [0.1, 0.15) is 5.78 Å². The number of hydrogen-bond acceptors (Lipinski definition) is 2. The van der Waals surface area contributed by atoms with Gasteiger partial charge in [0.15, 0.2) is 0 Å². The van der Waals surface area contributed by atoms with Crippen molar-refractivity contribution >= 4 is 5.78 Å². The summed E-state index contributed by atoms with van der Waals surface area (Å²) in [6.07, 6.45) is 7.04. The Morgan fingerprint density at radius 3 is 2.27 bits per heavy atom. The Labute approximate surface area is 92.8 Å². The van der Waals surface area contributed by atoms with Crippen molar-refractivity contribution in [3.8, 4) is 0 Å². The number of rotatable bonds is 4. The molecular weight excluding hydrogens is 186 g/mol. The van der Waals surface area contributed by atoms with E-state index >= 15 is 0 Å². The van der Waals surface area contributed by atoms with Crippen LogP contribution in [0.1, 0.15) is 45.4 Å².